The fraction of sp³-hybridized carbons (Fsp3) is 0.273. The third-order valence-electron chi connectivity index (χ3n) is 5.27. The van der Waals surface area contributed by atoms with Crippen LogP contribution < -0.4 is 0 Å². The van der Waals surface area contributed by atoms with Gasteiger partial charge in [-0.05, 0) is 57.1 Å². The lowest BCUT2D eigenvalue weighted by Crippen LogP contribution is -2.23. The van der Waals surface area contributed by atoms with Crippen LogP contribution in [0.1, 0.15) is 43.9 Å². The van der Waals surface area contributed by atoms with Crippen LogP contribution >= 0.6 is 15.9 Å². The van der Waals surface area contributed by atoms with Crippen molar-refractivity contribution >= 4 is 26.7 Å². The second kappa shape index (κ2) is 5.21. The summed E-state index contributed by atoms with van der Waals surface area (Å²) in [6.07, 6.45) is 2.33. The summed E-state index contributed by atoms with van der Waals surface area (Å²) in [6.45, 7) is 6.96. The molecule has 0 atom stereocenters. The molecule has 0 saturated carbocycles. The standard InChI is InChI=1S/C22H21Br/c1-4-6-14-9-11-18-17-12-10-15(23)13-20(17)22(2,3)19-8-5-7-16(14)21(18)19/h5,7-13H,4,6H2,1-3H3. The highest BCUT2D eigenvalue weighted by Crippen LogP contribution is 2.49. The van der Waals surface area contributed by atoms with E-state index in [4.69, 9.17) is 0 Å². The van der Waals surface area contributed by atoms with E-state index in [0.717, 1.165) is 10.9 Å². The Morgan fingerprint density at radius 3 is 2.48 bits per heavy atom. The zero-order valence-corrected chi connectivity index (χ0v) is 15.5. The topological polar surface area (TPSA) is 0 Å². The van der Waals surface area contributed by atoms with Crippen LogP contribution in [0.25, 0.3) is 21.9 Å². The maximum absolute atomic E-state index is 3.65. The summed E-state index contributed by atoms with van der Waals surface area (Å²) in [6, 6.07) is 18.2. The van der Waals surface area contributed by atoms with Crippen LogP contribution in [0.4, 0.5) is 0 Å². The smallest absolute Gasteiger partial charge is 0.0178 e. The quantitative estimate of drug-likeness (QED) is 0.465. The SMILES string of the molecule is CCCc1ccc2c3c(cccc13)C(C)(C)c1cc(Br)ccc1-2. The van der Waals surface area contributed by atoms with E-state index in [1.54, 1.807) is 0 Å². The molecule has 0 heterocycles. The van der Waals surface area contributed by atoms with E-state index in [9.17, 15) is 0 Å². The van der Waals surface area contributed by atoms with E-state index < -0.39 is 0 Å². The van der Waals surface area contributed by atoms with Gasteiger partial charge in [-0.15, -0.1) is 0 Å². The van der Waals surface area contributed by atoms with Crippen molar-refractivity contribution in [3.63, 3.8) is 0 Å². The highest BCUT2D eigenvalue weighted by molar-refractivity contribution is 9.10. The largest absolute Gasteiger partial charge is 0.0651 e. The van der Waals surface area contributed by atoms with Crippen LogP contribution in [0.2, 0.25) is 0 Å². The molecule has 1 aliphatic carbocycles. The third kappa shape index (κ3) is 2.10. The maximum atomic E-state index is 3.65. The second-order valence-corrected chi connectivity index (χ2v) is 7.98. The summed E-state index contributed by atoms with van der Waals surface area (Å²) in [7, 11) is 0. The Kier molecular flexibility index (Phi) is 3.39. The molecule has 1 aliphatic rings. The molecule has 0 N–H and O–H groups in total. The van der Waals surface area contributed by atoms with Crippen molar-refractivity contribution in [2.75, 3.05) is 0 Å². The Balaban J connectivity index is 2.16. The lowest BCUT2D eigenvalue weighted by molar-refractivity contribution is 0.644. The van der Waals surface area contributed by atoms with Gasteiger partial charge in [0, 0.05) is 9.89 Å². The molecule has 0 aromatic heterocycles. The van der Waals surface area contributed by atoms with Crippen LogP contribution in [0, 0.1) is 0 Å². The first-order valence-corrected chi connectivity index (χ1v) is 9.19. The molecule has 3 aromatic rings. The van der Waals surface area contributed by atoms with Crippen LogP contribution in [0.3, 0.4) is 0 Å². The molecule has 23 heavy (non-hydrogen) atoms. The van der Waals surface area contributed by atoms with Crippen molar-refractivity contribution in [1.29, 1.82) is 0 Å². The molecule has 4 rings (SSSR count). The minimum Gasteiger partial charge on any atom is -0.0651 e. The van der Waals surface area contributed by atoms with Gasteiger partial charge in [-0.2, -0.15) is 0 Å². The predicted molar refractivity (Wildman–Crippen MR) is 103 cm³/mol. The number of aryl methyl sites for hydroxylation is 1. The van der Waals surface area contributed by atoms with Gasteiger partial charge in [-0.3, -0.25) is 0 Å². The van der Waals surface area contributed by atoms with E-state index in [2.05, 4.69) is 85.2 Å². The average Bonchev–Trinajstić information content (AvgIpc) is 2.54. The predicted octanol–water partition coefficient (Wildman–Crippen LogP) is 6.86. The van der Waals surface area contributed by atoms with Gasteiger partial charge in [0.05, 0.1) is 0 Å². The first-order valence-electron chi connectivity index (χ1n) is 8.39. The first kappa shape index (κ1) is 15.0. The molecule has 0 radical (unpaired) electrons. The lowest BCUT2D eigenvalue weighted by Gasteiger charge is -2.35. The molecule has 3 aromatic carbocycles. The molecule has 1 heteroatoms. The Morgan fingerprint density at radius 1 is 0.913 bits per heavy atom. The zero-order chi connectivity index (χ0) is 16.2. The van der Waals surface area contributed by atoms with Crippen molar-refractivity contribution in [3.8, 4) is 11.1 Å². The molecule has 0 saturated heterocycles. The van der Waals surface area contributed by atoms with E-state index in [1.165, 1.54) is 45.0 Å². The van der Waals surface area contributed by atoms with Gasteiger partial charge in [0.1, 0.15) is 0 Å². The monoisotopic (exact) mass is 364 g/mol. The molecular weight excluding hydrogens is 344 g/mol. The summed E-state index contributed by atoms with van der Waals surface area (Å²) in [4.78, 5) is 0. The van der Waals surface area contributed by atoms with Gasteiger partial charge in [0.25, 0.3) is 0 Å². The van der Waals surface area contributed by atoms with Gasteiger partial charge >= 0.3 is 0 Å². The summed E-state index contributed by atoms with van der Waals surface area (Å²) in [5.74, 6) is 0. The van der Waals surface area contributed by atoms with E-state index >= 15 is 0 Å². The molecule has 0 spiro atoms. The Hall–Kier alpha value is -1.60. The van der Waals surface area contributed by atoms with Gasteiger partial charge < -0.3 is 0 Å². The van der Waals surface area contributed by atoms with Gasteiger partial charge in [0.15, 0.2) is 0 Å². The molecule has 0 unspecified atom stereocenters. The van der Waals surface area contributed by atoms with Crippen LogP contribution in [0.15, 0.2) is 53.0 Å². The van der Waals surface area contributed by atoms with Crippen molar-refractivity contribution < 1.29 is 0 Å². The van der Waals surface area contributed by atoms with Crippen LogP contribution in [-0.2, 0) is 11.8 Å². The summed E-state index contributed by atoms with van der Waals surface area (Å²) < 4.78 is 1.16. The van der Waals surface area contributed by atoms with Crippen molar-refractivity contribution in [3.05, 3.63) is 69.7 Å². The molecule has 0 aliphatic heterocycles. The second-order valence-electron chi connectivity index (χ2n) is 7.07. The first-order chi connectivity index (χ1) is 11.0. The fourth-order valence-electron chi connectivity index (χ4n) is 4.11. The third-order valence-corrected chi connectivity index (χ3v) is 5.76. The number of hydrogen-bond donors (Lipinski definition) is 0. The zero-order valence-electron chi connectivity index (χ0n) is 13.9. The minimum atomic E-state index is 0.0243. The molecule has 0 nitrogen and oxygen atoms in total. The molecule has 0 amide bonds. The van der Waals surface area contributed by atoms with Crippen molar-refractivity contribution in [1.82, 2.24) is 0 Å². The van der Waals surface area contributed by atoms with Crippen LogP contribution in [0.5, 0.6) is 0 Å². The number of hydrogen-bond acceptors (Lipinski definition) is 0. The maximum Gasteiger partial charge on any atom is 0.0178 e. The Morgan fingerprint density at radius 2 is 1.70 bits per heavy atom. The minimum absolute atomic E-state index is 0.0243. The van der Waals surface area contributed by atoms with Crippen molar-refractivity contribution in [2.45, 2.75) is 39.0 Å². The number of halogens is 1. The van der Waals surface area contributed by atoms with Crippen LogP contribution in [-0.4, -0.2) is 0 Å². The Bertz CT molecular complexity index is 919. The normalized spacial score (nSPS) is 14.8. The molecule has 0 bridgehead atoms. The summed E-state index contributed by atoms with van der Waals surface area (Å²) in [5.41, 5.74) is 7.13. The van der Waals surface area contributed by atoms with Gasteiger partial charge in [-0.25, -0.2) is 0 Å². The number of benzene rings is 3. The van der Waals surface area contributed by atoms with E-state index in [0.29, 0.717) is 0 Å². The highest BCUT2D eigenvalue weighted by Gasteiger charge is 2.33. The summed E-state index contributed by atoms with van der Waals surface area (Å²) in [5, 5.41) is 2.89. The number of rotatable bonds is 2. The average molecular weight is 365 g/mol. The number of fused-ring (bicyclic) bond motifs is 2. The van der Waals surface area contributed by atoms with E-state index in [1.807, 2.05) is 0 Å². The molecule has 0 fully saturated rings. The summed E-state index contributed by atoms with van der Waals surface area (Å²) >= 11 is 3.65. The molecule has 116 valence electrons. The van der Waals surface area contributed by atoms with Crippen molar-refractivity contribution in [2.24, 2.45) is 0 Å². The fourth-order valence-corrected chi connectivity index (χ4v) is 4.47. The highest BCUT2D eigenvalue weighted by atomic mass is 79.9. The van der Waals surface area contributed by atoms with Gasteiger partial charge in [0.2, 0.25) is 0 Å². The van der Waals surface area contributed by atoms with E-state index in [-0.39, 0.29) is 5.41 Å². The van der Waals surface area contributed by atoms with Gasteiger partial charge in [-0.1, -0.05) is 79.5 Å². The Labute approximate surface area is 146 Å². The molecular formula is C22H21Br. The lowest BCUT2D eigenvalue weighted by atomic mass is 9.68.